The van der Waals surface area contributed by atoms with Crippen molar-refractivity contribution in [3.8, 4) is 11.9 Å². The number of H-pyrrole nitrogens is 1. The molecule has 0 aromatic carbocycles. The van der Waals surface area contributed by atoms with Crippen molar-refractivity contribution in [3.05, 3.63) is 71.3 Å². The number of nitriles is 1. The zero-order chi connectivity index (χ0) is 26.0. The van der Waals surface area contributed by atoms with Gasteiger partial charge in [-0.3, -0.25) is 9.89 Å². The van der Waals surface area contributed by atoms with Gasteiger partial charge in [0.15, 0.2) is 17.2 Å². The van der Waals surface area contributed by atoms with Gasteiger partial charge in [0.1, 0.15) is 17.7 Å². The second kappa shape index (κ2) is 9.71. The number of pyridine rings is 2. The fourth-order valence-corrected chi connectivity index (χ4v) is 4.19. The molecule has 12 nitrogen and oxygen atoms in total. The number of anilines is 3. The summed E-state index contributed by atoms with van der Waals surface area (Å²) in [4.78, 5) is 24.0. The number of amides is 1. The number of hydrogen-bond acceptors (Lipinski definition) is 9. The van der Waals surface area contributed by atoms with Crippen molar-refractivity contribution in [1.82, 2.24) is 35.3 Å². The summed E-state index contributed by atoms with van der Waals surface area (Å²) < 4.78 is 7.32. The first-order valence-corrected chi connectivity index (χ1v) is 11.6. The van der Waals surface area contributed by atoms with E-state index in [1.54, 1.807) is 23.1 Å². The number of carbonyl (C=O) groups is 1. The predicted octanol–water partition coefficient (Wildman–Crippen LogP) is 2.14. The zero-order valence-electron chi connectivity index (χ0n) is 20.7. The minimum Gasteiger partial charge on any atom is -0.365 e. The number of methoxy groups -OCH3 is 1. The van der Waals surface area contributed by atoms with E-state index in [9.17, 15) is 10.1 Å². The van der Waals surface area contributed by atoms with E-state index in [0.29, 0.717) is 35.4 Å². The fourth-order valence-electron chi connectivity index (χ4n) is 4.19. The third-order valence-corrected chi connectivity index (χ3v) is 6.27. The molecular weight excluding hydrogens is 472 g/mol. The monoisotopic (exact) mass is 498 g/mol. The Hall–Kier alpha value is -4.76. The van der Waals surface area contributed by atoms with Crippen molar-refractivity contribution in [1.29, 1.82) is 5.26 Å². The molecule has 1 fully saturated rings. The summed E-state index contributed by atoms with van der Waals surface area (Å²) in [6, 6.07) is 11.5. The molecule has 0 radical (unpaired) electrons. The van der Waals surface area contributed by atoms with Crippen LogP contribution in [0.4, 0.5) is 17.5 Å². The molecule has 1 amide bonds. The fraction of sp³-hybridized carbons (Fsp3) is 0.280. The first kappa shape index (κ1) is 24.0. The minimum atomic E-state index is -1.05. The van der Waals surface area contributed by atoms with E-state index in [0.717, 1.165) is 16.8 Å². The standard InChI is InChI=1S/C25H26N10O2/c1-16-9-20(30-21-10-17(2)32-33-21)31-23(19(16)11-26)34-14-25(15-34,37-3)24(36)28-13-18-5-6-22(27-12-18)35-8-4-7-29-35/h4-10,12H,13-15H2,1-3H3,(H,28,36)(H2,30,31,32,33). The maximum atomic E-state index is 13.1. The van der Waals surface area contributed by atoms with Crippen LogP contribution >= 0.6 is 0 Å². The summed E-state index contributed by atoms with van der Waals surface area (Å²) in [6.07, 6.45) is 5.20. The van der Waals surface area contributed by atoms with Crippen molar-refractivity contribution in [2.24, 2.45) is 0 Å². The molecule has 12 heteroatoms. The maximum absolute atomic E-state index is 13.1. The Labute approximate surface area is 213 Å². The third kappa shape index (κ3) is 4.72. The van der Waals surface area contributed by atoms with E-state index < -0.39 is 5.60 Å². The van der Waals surface area contributed by atoms with Crippen LogP contribution in [-0.2, 0) is 16.1 Å². The van der Waals surface area contributed by atoms with Crippen LogP contribution in [0.1, 0.15) is 22.4 Å². The number of carbonyl (C=O) groups excluding carboxylic acids is 1. The quantitative estimate of drug-likeness (QED) is 0.332. The Morgan fingerprint density at radius 3 is 2.73 bits per heavy atom. The van der Waals surface area contributed by atoms with Crippen molar-refractivity contribution in [2.45, 2.75) is 26.0 Å². The van der Waals surface area contributed by atoms with Gasteiger partial charge in [-0.1, -0.05) is 6.07 Å². The molecule has 1 aliphatic heterocycles. The summed E-state index contributed by atoms with van der Waals surface area (Å²) >= 11 is 0. The number of aryl methyl sites for hydroxylation is 2. The summed E-state index contributed by atoms with van der Waals surface area (Å²) in [6.45, 7) is 4.59. The molecule has 0 spiro atoms. The van der Waals surface area contributed by atoms with Gasteiger partial charge in [-0.05, 0) is 43.2 Å². The molecule has 1 saturated heterocycles. The smallest absolute Gasteiger partial charge is 0.256 e. The lowest BCUT2D eigenvalue weighted by molar-refractivity contribution is -0.146. The highest BCUT2D eigenvalue weighted by atomic mass is 16.5. The lowest BCUT2D eigenvalue weighted by Crippen LogP contribution is -2.70. The van der Waals surface area contributed by atoms with Gasteiger partial charge in [0.25, 0.3) is 5.91 Å². The normalized spacial score (nSPS) is 14.1. The molecule has 0 atom stereocenters. The maximum Gasteiger partial charge on any atom is 0.256 e. The lowest BCUT2D eigenvalue weighted by Gasteiger charge is -2.48. The van der Waals surface area contributed by atoms with E-state index in [2.05, 4.69) is 42.0 Å². The number of nitrogens with one attached hydrogen (secondary N) is 3. The van der Waals surface area contributed by atoms with Gasteiger partial charge in [0, 0.05) is 44.0 Å². The Kier molecular flexibility index (Phi) is 6.29. The first-order valence-electron chi connectivity index (χ1n) is 11.6. The summed E-state index contributed by atoms with van der Waals surface area (Å²) in [5.41, 5.74) is 1.94. The molecule has 4 aromatic heterocycles. The van der Waals surface area contributed by atoms with Crippen LogP contribution in [0.5, 0.6) is 0 Å². The molecule has 188 valence electrons. The molecule has 1 aliphatic rings. The molecule has 4 aromatic rings. The molecule has 0 bridgehead atoms. The van der Waals surface area contributed by atoms with Crippen LogP contribution in [-0.4, -0.2) is 61.7 Å². The highest BCUT2D eigenvalue weighted by Crippen LogP contribution is 2.34. The summed E-state index contributed by atoms with van der Waals surface area (Å²) in [7, 11) is 1.51. The zero-order valence-corrected chi connectivity index (χ0v) is 20.7. The molecule has 0 unspecified atom stereocenters. The van der Waals surface area contributed by atoms with Crippen LogP contribution in [0.3, 0.4) is 0 Å². The lowest BCUT2D eigenvalue weighted by atomic mass is 9.91. The van der Waals surface area contributed by atoms with E-state index in [1.165, 1.54) is 7.11 Å². The van der Waals surface area contributed by atoms with Crippen LogP contribution < -0.4 is 15.5 Å². The average molecular weight is 499 g/mol. The molecule has 0 aliphatic carbocycles. The Morgan fingerprint density at radius 2 is 2.11 bits per heavy atom. The largest absolute Gasteiger partial charge is 0.365 e. The van der Waals surface area contributed by atoms with Gasteiger partial charge in [0.2, 0.25) is 0 Å². The Balaban J connectivity index is 1.26. The van der Waals surface area contributed by atoms with E-state index in [1.807, 2.05) is 49.2 Å². The topological polar surface area (TPSA) is 150 Å². The molecule has 3 N–H and O–H groups in total. The van der Waals surface area contributed by atoms with Gasteiger partial charge >= 0.3 is 0 Å². The van der Waals surface area contributed by atoms with Crippen molar-refractivity contribution < 1.29 is 9.53 Å². The second-order valence-corrected chi connectivity index (χ2v) is 8.91. The Morgan fingerprint density at radius 1 is 1.27 bits per heavy atom. The third-order valence-electron chi connectivity index (χ3n) is 6.27. The number of aromatic nitrogens is 6. The van der Waals surface area contributed by atoms with Crippen molar-refractivity contribution in [3.63, 3.8) is 0 Å². The van der Waals surface area contributed by atoms with Gasteiger partial charge < -0.3 is 20.3 Å². The van der Waals surface area contributed by atoms with Crippen LogP contribution in [0.2, 0.25) is 0 Å². The summed E-state index contributed by atoms with van der Waals surface area (Å²) in [5, 5.41) is 27.1. The predicted molar refractivity (Wildman–Crippen MR) is 135 cm³/mol. The van der Waals surface area contributed by atoms with Crippen molar-refractivity contribution in [2.75, 3.05) is 30.4 Å². The van der Waals surface area contributed by atoms with Gasteiger partial charge in [-0.2, -0.15) is 15.5 Å². The SMILES string of the molecule is COC1(C(=O)NCc2ccc(-n3cccn3)nc2)CN(c2nc(Nc3cc(C)[nH]n3)cc(C)c2C#N)C1. The minimum absolute atomic E-state index is 0.237. The molecule has 0 saturated carbocycles. The number of nitrogens with zero attached hydrogens (tertiary/aromatic N) is 7. The second-order valence-electron chi connectivity index (χ2n) is 8.91. The average Bonchev–Trinajstić information content (AvgIpc) is 3.55. The van der Waals surface area contributed by atoms with Crippen molar-refractivity contribution >= 4 is 23.4 Å². The number of rotatable bonds is 8. The molecule has 37 heavy (non-hydrogen) atoms. The van der Waals surface area contributed by atoms with Crippen LogP contribution in [0.15, 0.2) is 48.9 Å². The molecular formula is C25H26N10O2. The van der Waals surface area contributed by atoms with Crippen LogP contribution in [0.25, 0.3) is 5.82 Å². The van der Waals surface area contributed by atoms with Gasteiger partial charge in [-0.15, -0.1) is 0 Å². The highest BCUT2D eigenvalue weighted by Gasteiger charge is 2.51. The summed E-state index contributed by atoms with van der Waals surface area (Å²) in [5.74, 6) is 2.14. The number of aromatic amines is 1. The van der Waals surface area contributed by atoms with Crippen LogP contribution in [0, 0.1) is 25.2 Å². The number of ether oxygens (including phenoxy) is 1. The Bertz CT molecular complexity index is 1450. The van der Waals surface area contributed by atoms with E-state index in [4.69, 9.17) is 4.74 Å². The highest BCUT2D eigenvalue weighted by molar-refractivity contribution is 5.89. The first-order chi connectivity index (χ1) is 17.9. The molecule has 5 rings (SSSR count). The van der Waals surface area contributed by atoms with Gasteiger partial charge in [0.05, 0.1) is 18.7 Å². The number of hydrogen-bond donors (Lipinski definition) is 3. The van der Waals surface area contributed by atoms with E-state index >= 15 is 0 Å². The van der Waals surface area contributed by atoms with E-state index in [-0.39, 0.29) is 19.0 Å². The van der Waals surface area contributed by atoms with Gasteiger partial charge in [-0.25, -0.2) is 14.6 Å². The molecule has 5 heterocycles.